The van der Waals surface area contributed by atoms with Crippen LogP contribution in [0.15, 0.2) is 42.7 Å². The van der Waals surface area contributed by atoms with Crippen molar-refractivity contribution >= 4 is 5.97 Å². The Hall–Kier alpha value is -2.14. The van der Waals surface area contributed by atoms with Crippen LogP contribution in [0.1, 0.15) is 30.8 Å². The van der Waals surface area contributed by atoms with Gasteiger partial charge >= 0.3 is 5.97 Å². The molecule has 0 bridgehead atoms. The maximum Gasteiger partial charge on any atom is 0.327 e. The van der Waals surface area contributed by atoms with Gasteiger partial charge in [-0.2, -0.15) is 0 Å². The van der Waals surface area contributed by atoms with Crippen LogP contribution in [0.25, 0.3) is 0 Å². The minimum Gasteiger partial charge on any atom is -0.468 e. The molecule has 1 aromatic carbocycles. The average Bonchev–Trinajstić information content (AvgIpc) is 2.96. The number of hydrogen-bond acceptors (Lipinski definition) is 4. The number of carbonyl (C=O) groups excluding carboxylic acids is 1. The summed E-state index contributed by atoms with van der Waals surface area (Å²) in [5.74, 6) is 0.622. The van der Waals surface area contributed by atoms with Gasteiger partial charge in [-0.3, -0.25) is 5.32 Å². The molecule has 2 rings (SSSR count). The number of ether oxygens (including phenoxy) is 1. The van der Waals surface area contributed by atoms with Gasteiger partial charge in [0.1, 0.15) is 11.9 Å². The molecule has 0 aliphatic carbocycles. The number of rotatable bonds is 7. The van der Waals surface area contributed by atoms with E-state index in [0.717, 1.165) is 24.4 Å². The van der Waals surface area contributed by atoms with E-state index in [1.165, 1.54) is 7.11 Å². The fourth-order valence-corrected chi connectivity index (χ4v) is 2.25. The highest BCUT2D eigenvalue weighted by Gasteiger charge is 2.21. The molecular formula is C16H21N3O2. The molecule has 0 saturated carbocycles. The van der Waals surface area contributed by atoms with Crippen LogP contribution < -0.4 is 5.32 Å². The Morgan fingerprint density at radius 1 is 1.38 bits per heavy atom. The van der Waals surface area contributed by atoms with Gasteiger partial charge in [0, 0.05) is 18.9 Å². The Kier molecular flexibility index (Phi) is 5.51. The largest absolute Gasteiger partial charge is 0.468 e. The summed E-state index contributed by atoms with van der Waals surface area (Å²) >= 11 is 0. The number of aromatic nitrogens is 2. The van der Waals surface area contributed by atoms with Crippen LogP contribution >= 0.6 is 0 Å². The topological polar surface area (TPSA) is 56.2 Å². The SMILES string of the molecule is CCCn1ccnc1CNC(C(=O)OC)c1ccccc1. The molecule has 0 aliphatic rings. The van der Waals surface area contributed by atoms with Crippen molar-refractivity contribution in [2.75, 3.05) is 7.11 Å². The first-order chi connectivity index (χ1) is 10.3. The Bertz CT molecular complexity index is 566. The number of benzene rings is 1. The van der Waals surface area contributed by atoms with Crippen molar-refractivity contribution in [3.63, 3.8) is 0 Å². The van der Waals surface area contributed by atoms with E-state index in [1.807, 2.05) is 36.5 Å². The second-order valence-electron chi connectivity index (χ2n) is 4.78. The zero-order valence-electron chi connectivity index (χ0n) is 12.5. The molecule has 1 heterocycles. The van der Waals surface area contributed by atoms with E-state index in [-0.39, 0.29) is 5.97 Å². The van der Waals surface area contributed by atoms with Crippen LogP contribution in [-0.4, -0.2) is 22.6 Å². The smallest absolute Gasteiger partial charge is 0.327 e. The number of nitrogens with zero attached hydrogens (tertiary/aromatic N) is 2. The summed E-state index contributed by atoms with van der Waals surface area (Å²) in [6.45, 7) is 3.56. The predicted octanol–water partition coefficient (Wildman–Crippen LogP) is 2.30. The summed E-state index contributed by atoms with van der Waals surface area (Å²) < 4.78 is 6.98. The zero-order valence-corrected chi connectivity index (χ0v) is 12.5. The summed E-state index contributed by atoms with van der Waals surface area (Å²) in [5.41, 5.74) is 0.887. The van der Waals surface area contributed by atoms with E-state index in [0.29, 0.717) is 6.54 Å². The van der Waals surface area contributed by atoms with Crippen molar-refractivity contribution in [2.45, 2.75) is 32.5 Å². The van der Waals surface area contributed by atoms with Gasteiger partial charge in [0.25, 0.3) is 0 Å². The molecule has 0 spiro atoms. The normalized spacial score (nSPS) is 12.1. The van der Waals surface area contributed by atoms with Crippen LogP contribution in [0.3, 0.4) is 0 Å². The third kappa shape index (κ3) is 3.92. The summed E-state index contributed by atoms with van der Waals surface area (Å²) in [4.78, 5) is 16.3. The van der Waals surface area contributed by atoms with Gasteiger partial charge < -0.3 is 9.30 Å². The Labute approximate surface area is 125 Å². The number of esters is 1. The molecule has 0 saturated heterocycles. The van der Waals surface area contributed by atoms with Crippen molar-refractivity contribution in [3.8, 4) is 0 Å². The van der Waals surface area contributed by atoms with Crippen LogP contribution in [0.4, 0.5) is 0 Å². The molecule has 0 radical (unpaired) electrons. The lowest BCUT2D eigenvalue weighted by Gasteiger charge is -2.17. The number of methoxy groups -OCH3 is 1. The molecule has 1 aromatic heterocycles. The highest BCUT2D eigenvalue weighted by atomic mass is 16.5. The highest BCUT2D eigenvalue weighted by Crippen LogP contribution is 2.15. The fourth-order valence-electron chi connectivity index (χ4n) is 2.25. The molecule has 112 valence electrons. The van der Waals surface area contributed by atoms with Crippen molar-refractivity contribution in [1.82, 2.24) is 14.9 Å². The number of nitrogens with one attached hydrogen (secondary N) is 1. The molecular weight excluding hydrogens is 266 g/mol. The van der Waals surface area contributed by atoms with E-state index in [9.17, 15) is 4.79 Å². The highest BCUT2D eigenvalue weighted by molar-refractivity contribution is 5.77. The Morgan fingerprint density at radius 3 is 2.81 bits per heavy atom. The summed E-state index contributed by atoms with van der Waals surface area (Å²) in [7, 11) is 1.40. The molecule has 1 N–H and O–H groups in total. The van der Waals surface area contributed by atoms with Crippen molar-refractivity contribution < 1.29 is 9.53 Å². The minimum absolute atomic E-state index is 0.296. The lowest BCUT2D eigenvalue weighted by atomic mass is 10.1. The van der Waals surface area contributed by atoms with Crippen molar-refractivity contribution in [1.29, 1.82) is 0 Å². The second kappa shape index (κ2) is 7.59. The standard InChI is InChI=1S/C16H21N3O2/c1-3-10-19-11-9-17-14(19)12-18-15(16(20)21-2)13-7-5-4-6-8-13/h4-9,11,15,18H,3,10,12H2,1-2H3. The average molecular weight is 287 g/mol. The second-order valence-corrected chi connectivity index (χ2v) is 4.78. The minimum atomic E-state index is -0.483. The van der Waals surface area contributed by atoms with Crippen molar-refractivity contribution in [3.05, 3.63) is 54.1 Å². The first-order valence-corrected chi connectivity index (χ1v) is 7.12. The van der Waals surface area contributed by atoms with E-state index in [2.05, 4.69) is 21.8 Å². The zero-order chi connectivity index (χ0) is 15.1. The molecule has 0 amide bonds. The molecule has 1 atom stereocenters. The van der Waals surface area contributed by atoms with Crippen LogP contribution in [0, 0.1) is 0 Å². The van der Waals surface area contributed by atoms with Crippen LogP contribution in [-0.2, 0) is 22.6 Å². The maximum absolute atomic E-state index is 12.0. The first kappa shape index (κ1) is 15.3. The summed E-state index contributed by atoms with van der Waals surface area (Å²) in [5, 5.41) is 3.23. The van der Waals surface area contributed by atoms with Crippen molar-refractivity contribution in [2.24, 2.45) is 0 Å². The van der Waals surface area contributed by atoms with Crippen LogP contribution in [0.5, 0.6) is 0 Å². The maximum atomic E-state index is 12.0. The fraction of sp³-hybridized carbons (Fsp3) is 0.375. The van der Waals surface area contributed by atoms with E-state index in [1.54, 1.807) is 6.20 Å². The lowest BCUT2D eigenvalue weighted by molar-refractivity contribution is -0.143. The first-order valence-electron chi connectivity index (χ1n) is 7.12. The number of imidazole rings is 1. The lowest BCUT2D eigenvalue weighted by Crippen LogP contribution is -2.30. The Morgan fingerprint density at radius 2 is 2.14 bits per heavy atom. The molecule has 5 heteroatoms. The van der Waals surface area contributed by atoms with Gasteiger partial charge in [-0.25, -0.2) is 9.78 Å². The number of carbonyl (C=O) groups is 1. The van der Waals surface area contributed by atoms with E-state index >= 15 is 0 Å². The van der Waals surface area contributed by atoms with Gasteiger partial charge in [0.05, 0.1) is 13.7 Å². The monoisotopic (exact) mass is 287 g/mol. The van der Waals surface area contributed by atoms with E-state index in [4.69, 9.17) is 4.74 Å². The quantitative estimate of drug-likeness (QED) is 0.794. The summed E-state index contributed by atoms with van der Waals surface area (Å²) in [6, 6.07) is 9.07. The third-order valence-corrected chi connectivity index (χ3v) is 3.30. The molecule has 0 fully saturated rings. The van der Waals surface area contributed by atoms with Gasteiger partial charge in [-0.05, 0) is 12.0 Å². The summed E-state index contributed by atoms with van der Waals surface area (Å²) in [6.07, 6.45) is 4.78. The van der Waals surface area contributed by atoms with Gasteiger partial charge in [0.2, 0.25) is 0 Å². The number of hydrogen-bond donors (Lipinski definition) is 1. The predicted molar refractivity (Wildman–Crippen MR) is 80.6 cm³/mol. The van der Waals surface area contributed by atoms with E-state index < -0.39 is 6.04 Å². The number of aryl methyl sites for hydroxylation is 1. The molecule has 1 unspecified atom stereocenters. The molecule has 5 nitrogen and oxygen atoms in total. The molecule has 0 aliphatic heterocycles. The van der Waals surface area contributed by atoms with Gasteiger partial charge in [-0.15, -0.1) is 0 Å². The molecule has 21 heavy (non-hydrogen) atoms. The Balaban J connectivity index is 2.09. The van der Waals surface area contributed by atoms with Gasteiger partial charge in [0.15, 0.2) is 0 Å². The third-order valence-electron chi connectivity index (χ3n) is 3.30. The van der Waals surface area contributed by atoms with Gasteiger partial charge in [-0.1, -0.05) is 37.3 Å². The molecule has 2 aromatic rings. The van der Waals surface area contributed by atoms with Crippen LogP contribution in [0.2, 0.25) is 0 Å².